The quantitative estimate of drug-likeness (QED) is 0.845. The summed E-state index contributed by atoms with van der Waals surface area (Å²) in [4.78, 5) is 14.4. The maximum absolute atomic E-state index is 12.0. The maximum atomic E-state index is 12.0. The Balaban J connectivity index is 2.30. The molecule has 0 saturated carbocycles. The van der Waals surface area contributed by atoms with Crippen LogP contribution in [0.5, 0.6) is 0 Å². The number of carbonyl (C=O) groups is 1. The van der Waals surface area contributed by atoms with Crippen LogP contribution >= 0.6 is 0 Å². The molecule has 1 heterocycles. The standard InChI is InChI=1S/C17H26N2O2/c1-3-15-11-7-8-12-19(15)13-17(18-2,16(20)21)14-9-5-4-6-10-14/h4-6,9-10,15,18H,3,7-8,11-13H2,1-2H3,(H,20,21). The summed E-state index contributed by atoms with van der Waals surface area (Å²) in [5.74, 6) is -0.809. The fraction of sp³-hybridized carbons (Fsp3) is 0.588. The van der Waals surface area contributed by atoms with E-state index in [1.165, 1.54) is 12.8 Å². The van der Waals surface area contributed by atoms with Gasteiger partial charge in [-0.05, 0) is 38.4 Å². The van der Waals surface area contributed by atoms with Crippen LogP contribution in [0.25, 0.3) is 0 Å². The molecule has 0 bridgehead atoms. The molecule has 116 valence electrons. The lowest BCUT2D eigenvalue weighted by Crippen LogP contribution is -2.57. The largest absolute Gasteiger partial charge is 0.480 e. The molecule has 2 rings (SSSR count). The van der Waals surface area contributed by atoms with Gasteiger partial charge in [0.15, 0.2) is 5.54 Å². The van der Waals surface area contributed by atoms with E-state index in [4.69, 9.17) is 0 Å². The van der Waals surface area contributed by atoms with Crippen molar-refractivity contribution in [3.8, 4) is 0 Å². The lowest BCUT2D eigenvalue weighted by molar-refractivity contribution is -0.146. The van der Waals surface area contributed by atoms with Gasteiger partial charge in [0.2, 0.25) is 0 Å². The number of rotatable bonds is 6. The van der Waals surface area contributed by atoms with Crippen LogP contribution in [0.3, 0.4) is 0 Å². The van der Waals surface area contributed by atoms with Crippen LogP contribution in [-0.2, 0) is 10.3 Å². The molecule has 2 atom stereocenters. The van der Waals surface area contributed by atoms with Crippen molar-refractivity contribution >= 4 is 5.97 Å². The van der Waals surface area contributed by atoms with Crippen LogP contribution in [-0.4, -0.2) is 42.2 Å². The molecule has 1 aliphatic rings. The van der Waals surface area contributed by atoms with E-state index < -0.39 is 11.5 Å². The van der Waals surface area contributed by atoms with Crippen molar-refractivity contribution < 1.29 is 9.90 Å². The van der Waals surface area contributed by atoms with Crippen LogP contribution in [0.15, 0.2) is 30.3 Å². The monoisotopic (exact) mass is 290 g/mol. The van der Waals surface area contributed by atoms with E-state index in [9.17, 15) is 9.90 Å². The predicted octanol–water partition coefficient (Wildman–Crippen LogP) is 2.45. The molecule has 0 aromatic heterocycles. The van der Waals surface area contributed by atoms with Gasteiger partial charge in [0.05, 0.1) is 0 Å². The lowest BCUT2D eigenvalue weighted by atomic mass is 9.87. The first-order valence-electron chi connectivity index (χ1n) is 7.86. The van der Waals surface area contributed by atoms with Gasteiger partial charge in [-0.25, -0.2) is 4.79 Å². The first-order chi connectivity index (χ1) is 10.1. The molecule has 4 heteroatoms. The molecule has 1 aromatic carbocycles. The molecule has 0 amide bonds. The molecule has 1 fully saturated rings. The van der Waals surface area contributed by atoms with Gasteiger partial charge in [-0.1, -0.05) is 43.7 Å². The number of likely N-dealkylation sites (tertiary alicyclic amines) is 1. The summed E-state index contributed by atoms with van der Waals surface area (Å²) in [5.41, 5.74) is -0.216. The van der Waals surface area contributed by atoms with E-state index >= 15 is 0 Å². The molecule has 1 saturated heterocycles. The smallest absolute Gasteiger partial charge is 0.329 e. The molecule has 4 nitrogen and oxygen atoms in total. The average Bonchev–Trinajstić information content (AvgIpc) is 2.53. The van der Waals surface area contributed by atoms with Gasteiger partial charge in [0, 0.05) is 12.6 Å². The third-order valence-electron chi connectivity index (χ3n) is 4.72. The molecular formula is C17H26N2O2. The molecule has 2 N–H and O–H groups in total. The number of likely N-dealkylation sites (N-methyl/N-ethyl adjacent to an activating group) is 1. The van der Waals surface area contributed by atoms with Gasteiger partial charge < -0.3 is 10.4 Å². The van der Waals surface area contributed by atoms with Crippen molar-refractivity contribution in [1.29, 1.82) is 0 Å². The third kappa shape index (κ3) is 3.27. The van der Waals surface area contributed by atoms with Crippen molar-refractivity contribution in [2.75, 3.05) is 20.1 Å². The summed E-state index contributed by atoms with van der Waals surface area (Å²) in [6.07, 6.45) is 4.66. The number of carboxylic acids is 1. The summed E-state index contributed by atoms with van der Waals surface area (Å²) < 4.78 is 0. The molecule has 0 spiro atoms. The molecule has 0 radical (unpaired) electrons. The SMILES string of the molecule is CCC1CCCCN1CC(NC)(C(=O)O)c1ccccc1. The fourth-order valence-corrected chi connectivity index (χ4v) is 3.37. The Morgan fingerprint density at radius 3 is 2.67 bits per heavy atom. The molecule has 21 heavy (non-hydrogen) atoms. The molecular weight excluding hydrogens is 264 g/mol. The Kier molecular flexibility index (Phi) is 5.37. The third-order valence-corrected chi connectivity index (χ3v) is 4.72. The van der Waals surface area contributed by atoms with Crippen LogP contribution in [0.1, 0.15) is 38.2 Å². The van der Waals surface area contributed by atoms with E-state index in [-0.39, 0.29) is 0 Å². The van der Waals surface area contributed by atoms with Gasteiger partial charge in [-0.15, -0.1) is 0 Å². The number of piperidine rings is 1. The molecule has 2 unspecified atom stereocenters. The zero-order chi connectivity index (χ0) is 15.3. The van der Waals surface area contributed by atoms with Crippen LogP contribution in [0.2, 0.25) is 0 Å². The Hall–Kier alpha value is -1.39. The minimum Gasteiger partial charge on any atom is -0.480 e. The Labute approximate surface area is 127 Å². The number of hydrogen-bond donors (Lipinski definition) is 2. The highest BCUT2D eigenvalue weighted by molar-refractivity contribution is 5.81. The van der Waals surface area contributed by atoms with E-state index in [1.807, 2.05) is 30.3 Å². The number of aliphatic carboxylic acids is 1. The van der Waals surface area contributed by atoms with Crippen molar-refractivity contribution in [1.82, 2.24) is 10.2 Å². The summed E-state index contributed by atoms with van der Waals surface area (Å²) in [6, 6.07) is 10.0. The second-order valence-corrected chi connectivity index (χ2v) is 5.85. The first kappa shape index (κ1) is 16.0. The van der Waals surface area contributed by atoms with E-state index in [0.29, 0.717) is 12.6 Å². The highest BCUT2D eigenvalue weighted by atomic mass is 16.4. The molecule has 1 aliphatic heterocycles. The molecule has 1 aromatic rings. The summed E-state index contributed by atoms with van der Waals surface area (Å²) in [5, 5.41) is 13.0. The van der Waals surface area contributed by atoms with Crippen molar-refractivity contribution in [3.63, 3.8) is 0 Å². The zero-order valence-electron chi connectivity index (χ0n) is 13.0. The maximum Gasteiger partial charge on any atom is 0.329 e. The van der Waals surface area contributed by atoms with Gasteiger partial charge in [0.25, 0.3) is 0 Å². The van der Waals surface area contributed by atoms with Gasteiger partial charge in [-0.3, -0.25) is 4.90 Å². The van der Waals surface area contributed by atoms with E-state index in [1.54, 1.807) is 7.05 Å². The normalized spacial score (nSPS) is 22.7. The van der Waals surface area contributed by atoms with E-state index in [2.05, 4.69) is 17.1 Å². The van der Waals surface area contributed by atoms with Crippen LogP contribution < -0.4 is 5.32 Å². The summed E-state index contributed by atoms with van der Waals surface area (Å²) in [7, 11) is 1.74. The topological polar surface area (TPSA) is 52.6 Å². The van der Waals surface area contributed by atoms with Gasteiger partial charge in [0.1, 0.15) is 0 Å². The summed E-state index contributed by atoms with van der Waals surface area (Å²) >= 11 is 0. The second-order valence-electron chi connectivity index (χ2n) is 5.85. The second kappa shape index (κ2) is 7.05. The molecule has 0 aliphatic carbocycles. The average molecular weight is 290 g/mol. The Morgan fingerprint density at radius 1 is 1.38 bits per heavy atom. The van der Waals surface area contributed by atoms with E-state index in [0.717, 1.165) is 24.9 Å². The van der Waals surface area contributed by atoms with Crippen LogP contribution in [0.4, 0.5) is 0 Å². The minimum absolute atomic E-state index is 0.495. The van der Waals surface area contributed by atoms with Crippen molar-refractivity contribution in [3.05, 3.63) is 35.9 Å². The minimum atomic E-state index is -1.04. The number of nitrogens with zero attached hydrogens (tertiary/aromatic N) is 1. The fourth-order valence-electron chi connectivity index (χ4n) is 3.37. The Bertz CT molecular complexity index is 463. The van der Waals surface area contributed by atoms with Crippen LogP contribution in [0, 0.1) is 0 Å². The van der Waals surface area contributed by atoms with Gasteiger partial charge in [-0.2, -0.15) is 0 Å². The number of benzene rings is 1. The zero-order valence-corrected chi connectivity index (χ0v) is 13.0. The predicted molar refractivity (Wildman–Crippen MR) is 84.3 cm³/mol. The van der Waals surface area contributed by atoms with Crippen molar-refractivity contribution in [2.24, 2.45) is 0 Å². The number of carboxylic acid groups (broad SMARTS) is 1. The highest BCUT2D eigenvalue weighted by Gasteiger charge is 2.42. The number of hydrogen-bond acceptors (Lipinski definition) is 3. The van der Waals surface area contributed by atoms with Gasteiger partial charge >= 0.3 is 5.97 Å². The van der Waals surface area contributed by atoms with Crippen molar-refractivity contribution in [2.45, 2.75) is 44.2 Å². The lowest BCUT2D eigenvalue weighted by Gasteiger charge is -2.41. The Morgan fingerprint density at radius 2 is 2.10 bits per heavy atom. The summed E-state index contributed by atoms with van der Waals surface area (Å²) in [6.45, 7) is 3.69. The first-order valence-corrected chi connectivity index (χ1v) is 7.86. The number of nitrogens with one attached hydrogen (secondary N) is 1. The highest BCUT2D eigenvalue weighted by Crippen LogP contribution is 2.27.